The molecule has 2 aromatic rings. The lowest BCUT2D eigenvalue weighted by atomic mass is 10.1. The van der Waals surface area contributed by atoms with Gasteiger partial charge < -0.3 is 5.32 Å². The Hall–Kier alpha value is -1.57. The van der Waals surface area contributed by atoms with Crippen LogP contribution in [0.2, 0.25) is 0 Å². The van der Waals surface area contributed by atoms with Gasteiger partial charge in [0.05, 0.1) is 0 Å². The predicted octanol–water partition coefficient (Wildman–Crippen LogP) is 3.30. The topological polar surface area (TPSA) is 24.9 Å². The maximum absolute atomic E-state index is 4.37. The molecule has 0 aliphatic heterocycles. The molecule has 0 saturated heterocycles. The van der Waals surface area contributed by atoms with Crippen molar-refractivity contribution < 1.29 is 0 Å². The van der Waals surface area contributed by atoms with Gasteiger partial charge in [0.25, 0.3) is 0 Å². The zero-order valence-electron chi connectivity index (χ0n) is 9.20. The average molecular weight is 200 g/mol. The van der Waals surface area contributed by atoms with Gasteiger partial charge in [-0.2, -0.15) is 0 Å². The Balaban J connectivity index is 2.34. The van der Waals surface area contributed by atoms with Crippen LogP contribution in [0.25, 0.3) is 10.8 Å². The molecule has 0 bridgehead atoms. The summed E-state index contributed by atoms with van der Waals surface area (Å²) in [6.07, 6.45) is 1.85. The lowest BCUT2D eigenvalue weighted by Gasteiger charge is -2.10. The summed E-state index contributed by atoms with van der Waals surface area (Å²) in [5.41, 5.74) is 0. The number of pyridine rings is 1. The number of hydrogen-bond donors (Lipinski definition) is 1. The molecular weight excluding hydrogens is 184 g/mol. The molecule has 0 unspecified atom stereocenters. The van der Waals surface area contributed by atoms with Crippen molar-refractivity contribution in [2.45, 2.75) is 13.8 Å². The molecule has 2 nitrogen and oxygen atoms in total. The van der Waals surface area contributed by atoms with Gasteiger partial charge in [-0.3, -0.25) is 0 Å². The molecule has 0 fully saturated rings. The van der Waals surface area contributed by atoms with Gasteiger partial charge >= 0.3 is 0 Å². The van der Waals surface area contributed by atoms with Gasteiger partial charge in [-0.05, 0) is 17.4 Å². The summed E-state index contributed by atoms with van der Waals surface area (Å²) in [6, 6.07) is 10.3. The van der Waals surface area contributed by atoms with Crippen LogP contribution < -0.4 is 5.32 Å². The first-order valence-electron chi connectivity index (χ1n) is 5.35. The van der Waals surface area contributed by atoms with E-state index in [1.807, 2.05) is 18.3 Å². The molecule has 1 aromatic carbocycles. The first-order chi connectivity index (χ1) is 7.27. The Kier molecular flexibility index (Phi) is 2.86. The van der Waals surface area contributed by atoms with Crippen molar-refractivity contribution in [3.63, 3.8) is 0 Å². The Labute approximate surface area is 90.3 Å². The minimum absolute atomic E-state index is 0.630. The molecule has 15 heavy (non-hydrogen) atoms. The smallest absolute Gasteiger partial charge is 0.133 e. The molecule has 1 N–H and O–H groups in total. The summed E-state index contributed by atoms with van der Waals surface area (Å²) in [6.45, 7) is 5.34. The third-order valence-corrected chi connectivity index (χ3v) is 2.35. The standard InChI is InChI=1S/C13H16N2/c1-10(2)9-15-13-12-6-4-3-5-11(12)7-8-14-13/h3-8,10H,9H2,1-2H3,(H,14,15). The largest absolute Gasteiger partial charge is 0.369 e. The predicted molar refractivity (Wildman–Crippen MR) is 65.1 cm³/mol. The molecule has 78 valence electrons. The van der Waals surface area contributed by atoms with Crippen LogP contribution in [-0.4, -0.2) is 11.5 Å². The van der Waals surface area contributed by atoms with E-state index in [4.69, 9.17) is 0 Å². The van der Waals surface area contributed by atoms with Crippen LogP contribution in [0.3, 0.4) is 0 Å². The van der Waals surface area contributed by atoms with Crippen molar-refractivity contribution in [3.8, 4) is 0 Å². The zero-order valence-corrected chi connectivity index (χ0v) is 9.20. The fraction of sp³-hybridized carbons (Fsp3) is 0.308. The highest BCUT2D eigenvalue weighted by molar-refractivity contribution is 5.91. The van der Waals surface area contributed by atoms with Crippen molar-refractivity contribution in [2.75, 3.05) is 11.9 Å². The summed E-state index contributed by atoms with van der Waals surface area (Å²) < 4.78 is 0. The van der Waals surface area contributed by atoms with Crippen molar-refractivity contribution >= 4 is 16.6 Å². The third kappa shape index (κ3) is 2.27. The number of rotatable bonds is 3. The van der Waals surface area contributed by atoms with Gasteiger partial charge in [0, 0.05) is 18.1 Å². The number of nitrogens with zero attached hydrogens (tertiary/aromatic N) is 1. The second-order valence-corrected chi connectivity index (χ2v) is 4.16. The molecular formula is C13H16N2. The van der Waals surface area contributed by atoms with Gasteiger partial charge in [-0.15, -0.1) is 0 Å². The van der Waals surface area contributed by atoms with E-state index >= 15 is 0 Å². The van der Waals surface area contributed by atoms with Crippen LogP contribution in [0.4, 0.5) is 5.82 Å². The number of nitrogens with one attached hydrogen (secondary N) is 1. The van der Waals surface area contributed by atoms with Gasteiger partial charge in [0.2, 0.25) is 0 Å². The summed E-state index contributed by atoms with van der Waals surface area (Å²) >= 11 is 0. The van der Waals surface area contributed by atoms with Crippen LogP contribution in [0, 0.1) is 5.92 Å². The minimum atomic E-state index is 0.630. The fourth-order valence-corrected chi connectivity index (χ4v) is 1.56. The second-order valence-electron chi connectivity index (χ2n) is 4.16. The number of anilines is 1. The Bertz CT molecular complexity index is 444. The third-order valence-electron chi connectivity index (χ3n) is 2.35. The van der Waals surface area contributed by atoms with Crippen LogP contribution in [0.5, 0.6) is 0 Å². The highest BCUT2D eigenvalue weighted by atomic mass is 15.0. The van der Waals surface area contributed by atoms with E-state index in [1.165, 1.54) is 10.8 Å². The minimum Gasteiger partial charge on any atom is -0.369 e. The lowest BCUT2D eigenvalue weighted by Crippen LogP contribution is -2.09. The van der Waals surface area contributed by atoms with Crippen LogP contribution >= 0.6 is 0 Å². The molecule has 1 heterocycles. The lowest BCUT2D eigenvalue weighted by molar-refractivity contribution is 0.687. The molecule has 0 radical (unpaired) electrons. The highest BCUT2D eigenvalue weighted by Crippen LogP contribution is 2.20. The quantitative estimate of drug-likeness (QED) is 0.822. The Morgan fingerprint density at radius 1 is 1.20 bits per heavy atom. The summed E-state index contributed by atoms with van der Waals surface area (Å²) in [5.74, 6) is 1.62. The molecule has 0 amide bonds. The second kappa shape index (κ2) is 4.30. The maximum atomic E-state index is 4.37. The summed E-state index contributed by atoms with van der Waals surface area (Å²) in [7, 11) is 0. The molecule has 1 aromatic heterocycles. The number of fused-ring (bicyclic) bond motifs is 1. The van der Waals surface area contributed by atoms with E-state index in [0.29, 0.717) is 5.92 Å². The van der Waals surface area contributed by atoms with E-state index in [1.54, 1.807) is 0 Å². The first-order valence-corrected chi connectivity index (χ1v) is 5.35. The van der Waals surface area contributed by atoms with E-state index in [-0.39, 0.29) is 0 Å². The van der Waals surface area contributed by atoms with Crippen LogP contribution in [0.1, 0.15) is 13.8 Å². The number of aromatic nitrogens is 1. The molecule has 0 aliphatic rings. The van der Waals surface area contributed by atoms with Gasteiger partial charge in [0.1, 0.15) is 5.82 Å². The Morgan fingerprint density at radius 2 is 2.00 bits per heavy atom. The normalized spacial score (nSPS) is 10.9. The molecule has 0 saturated carbocycles. The number of hydrogen-bond acceptors (Lipinski definition) is 2. The molecule has 0 aliphatic carbocycles. The van der Waals surface area contributed by atoms with Crippen molar-refractivity contribution in [2.24, 2.45) is 5.92 Å². The van der Waals surface area contributed by atoms with Crippen molar-refractivity contribution in [1.29, 1.82) is 0 Å². The van der Waals surface area contributed by atoms with Gasteiger partial charge in [0.15, 0.2) is 0 Å². The monoisotopic (exact) mass is 200 g/mol. The van der Waals surface area contributed by atoms with Crippen molar-refractivity contribution in [1.82, 2.24) is 4.98 Å². The fourth-order valence-electron chi connectivity index (χ4n) is 1.56. The summed E-state index contributed by atoms with van der Waals surface area (Å²) in [5, 5.41) is 5.81. The molecule has 0 atom stereocenters. The molecule has 0 spiro atoms. The SMILES string of the molecule is CC(C)CNc1nccc2ccccc12. The maximum Gasteiger partial charge on any atom is 0.133 e. The van der Waals surface area contributed by atoms with E-state index < -0.39 is 0 Å². The zero-order chi connectivity index (χ0) is 10.7. The van der Waals surface area contributed by atoms with Crippen LogP contribution in [0.15, 0.2) is 36.5 Å². The van der Waals surface area contributed by atoms with Crippen molar-refractivity contribution in [3.05, 3.63) is 36.5 Å². The summed E-state index contributed by atoms with van der Waals surface area (Å²) in [4.78, 5) is 4.37. The van der Waals surface area contributed by atoms with E-state index in [2.05, 4.69) is 42.3 Å². The molecule has 2 heteroatoms. The number of benzene rings is 1. The molecule has 2 rings (SSSR count). The Morgan fingerprint density at radius 3 is 2.80 bits per heavy atom. The van der Waals surface area contributed by atoms with E-state index in [9.17, 15) is 0 Å². The highest BCUT2D eigenvalue weighted by Gasteiger charge is 2.01. The van der Waals surface area contributed by atoms with Crippen LogP contribution in [-0.2, 0) is 0 Å². The first kappa shape index (κ1) is 9.97. The van der Waals surface area contributed by atoms with Gasteiger partial charge in [-0.1, -0.05) is 38.1 Å². The van der Waals surface area contributed by atoms with Gasteiger partial charge in [-0.25, -0.2) is 4.98 Å². The van der Waals surface area contributed by atoms with E-state index in [0.717, 1.165) is 12.4 Å². The average Bonchev–Trinajstić information content (AvgIpc) is 2.26.